The fourth-order valence-corrected chi connectivity index (χ4v) is 3.47. The molecule has 1 aromatic rings. The minimum atomic E-state index is 0.163. The summed E-state index contributed by atoms with van der Waals surface area (Å²) in [4.78, 5) is 7.28. The molecule has 0 saturated carbocycles. The fourth-order valence-electron chi connectivity index (χ4n) is 2.41. The maximum atomic E-state index is 5.78. The van der Waals surface area contributed by atoms with Crippen LogP contribution in [0.3, 0.4) is 0 Å². The summed E-state index contributed by atoms with van der Waals surface area (Å²) in [5.74, 6) is 0.681. The minimum absolute atomic E-state index is 0.163. The molecule has 0 bridgehead atoms. The first-order valence-corrected chi connectivity index (χ1v) is 7.74. The summed E-state index contributed by atoms with van der Waals surface area (Å²) >= 11 is 1.79. The lowest BCUT2D eigenvalue weighted by atomic mass is 9.93. The summed E-state index contributed by atoms with van der Waals surface area (Å²) in [5.41, 5.74) is 7.16. The van der Waals surface area contributed by atoms with Crippen molar-refractivity contribution >= 4 is 11.3 Å². The zero-order valence-electron chi connectivity index (χ0n) is 11.8. The third-order valence-electron chi connectivity index (χ3n) is 3.62. The number of hydrogen-bond acceptors (Lipinski definition) is 4. The van der Waals surface area contributed by atoms with Crippen LogP contribution < -0.4 is 5.73 Å². The van der Waals surface area contributed by atoms with Gasteiger partial charge in [0.1, 0.15) is 5.01 Å². The van der Waals surface area contributed by atoms with Gasteiger partial charge in [-0.05, 0) is 31.8 Å². The molecule has 2 rings (SSSR count). The summed E-state index contributed by atoms with van der Waals surface area (Å²) in [6.45, 7) is 10.8. The van der Waals surface area contributed by atoms with Crippen LogP contribution in [0, 0.1) is 5.92 Å². The van der Waals surface area contributed by atoms with Crippen LogP contribution in [0.4, 0.5) is 0 Å². The molecular weight excluding hydrogens is 242 g/mol. The Morgan fingerprint density at radius 2 is 2.28 bits per heavy atom. The maximum absolute atomic E-state index is 5.78. The van der Waals surface area contributed by atoms with Crippen LogP contribution in [-0.2, 0) is 12.0 Å². The van der Waals surface area contributed by atoms with E-state index < -0.39 is 0 Å². The first kappa shape index (κ1) is 14.0. The summed E-state index contributed by atoms with van der Waals surface area (Å²) in [5, 5.41) is 3.46. The zero-order chi connectivity index (χ0) is 13.2. The molecule has 2 heterocycles. The maximum Gasteiger partial charge on any atom is 0.107 e. The Labute approximate surface area is 114 Å². The largest absolute Gasteiger partial charge is 0.330 e. The third-order valence-corrected chi connectivity index (χ3v) is 4.45. The number of aromatic nitrogens is 1. The molecule has 2 N–H and O–H groups in total. The molecule has 0 amide bonds. The Bertz CT molecular complexity index is 381. The second-order valence-electron chi connectivity index (χ2n) is 6.36. The molecule has 1 aliphatic rings. The van der Waals surface area contributed by atoms with Crippen LogP contribution in [0.5, 0.6) is 0 Å². The van der Waals surface area contributed by atoms with Gasteiger partial charge >= 0.3 is 0 Å². The Kier molecular flexibility index (Phi) is 4.41. The summed E-state index contributed by atoms with van der Waals surface area (Å²) in [7, 11) is 0. The number of nitrogens with two attached hydrogens (primary N) is 1. The minimum Gasteiger partial charge on any atom is -0.330 e. The van der Waals surface area contributed by atoms with Gasteiger partial charge in [0.25, 0.3) is 0 Å². The fraction of sp³-hybridized carbons (Fsp3) is 0.786. The first-order valence-electron chi connectivity index (χ1n) is 6.86. The average molecular weight is 267 g/mol. The van der Waals surface area contributed by atoms with Gasteiger partial charge in [0, 0.05) is 17.3 Å². The predicted molar refractivity (Wildman–Crippen MR) is 77.9 cm³/mol. The molecule has 4 heteroatoms. The van der Waals surface area contributed by atoms with Crippen LogP contribution in [-0.4, -0.2) is 29.5 Å². The lowest BCUT2D eigenvalue weighted by Gasteiger charge is -2.31. The second kappa shape index (κ2) is 5.68. The smallest absolute Gasteiger partial charge is 0.107 e. The van der Waals surface area contributed by atoms with Crippen LogP contribution in [0.15, 0.2) is 5.38 Å². The monoisotopic (exact) mass is 267 g/mol. The molecular formula is C14H25N3S. The number of thiazole rings is 1. The molecule has 1 fully saturated rings. The van der Waals surface area contributed by atoms with E-state index in [1.54, 1.807) is 11.3 Å². The van der Waals surface area contributed by atoms with Crippen molar-refractivity contribution in [1.29, 1.82) is 0 Å². The van der Waals surface area contributed by atoms with Gasteiger partial charge in [0.15, 0.2) is 0 Å². The Hall–Kier alpha value is -0.450. The van der Waals surface area contributed by atoms with E-state index in [-0.39, 0.29) is 5.41 Å². The second-order valence-corrected chi connectivity index (χ2v) is 7.30. The molecule has 1 aromatic heterocycles. The molecule has 18 heavy (non-hydrogen) atoms. The van der Waals surface area contributed by atoms with Crippen LogP contribution >= 0.6 is 11.3 Å². The van der Waals surface area contributed by atoms with Gasteiger partial charge in [-0.2, -0.15) is 0 Å². The lowest BCUT2D eigenvalue weighted by molar-refractivity contribution is 0.170. The molecule has 0 radical (unpaired) electrons. The van der Waals surface area contributed by atoms with Crippen molar-refractivity contribution in [2.45, 2.75) is 45.6 Å². The van der Waals surface area contributed by atoms with E-state index in [2.05, 4.69) is 31.1 Å². The van der Waals surface area contributed by atoms with Gasteiger partial charge in [-0.1, -0.05) is 20.8 Å². The lowest BCUT2D eigenvalue weighted by Crippen LogP contribution is -2.37. The van der Waals surface area contributed by atoms with Gasteiger partial charge in [-0.15, -0.1) is 11.3 Å². The highest BCUT2D eigenvalue weighted by atomic mass is 32.1. The van der Waals surface area contributed by atoms with E-state index in [1.807, 2.05) is 0 Å². The quantitative estimate of drug-likeness (QED) is 0.915. The predicted octanol–water partition coefficient (Wildman–Crippen LogP) is 2.61. The molecule has 102 valence electrons. The van der Waals surface area contributed by atoms with Crippen LogP contribution in [0.1, 0.15) is 44.3 Å². The highest BCUT2D eigenvalue weighted by molar-refractivity contribution is 7.09. The molecule has 1 aliphatic heterocycles. The van der Waals surface area contributed by atoms with Gasteiger partial charge in [-0.3, -0.25) is 4.90 Å². The van der Waals surface area contributed by atoms with E-state index in [0.29, 0.717) is 5.92 Å². The normalized spacial score (nSPS) is 22.3. The SMILES string of the molecule is CC(C)(C)c1csc(CN2CCCC(CN)C2)n1. The molecule has 0 aliphatic carbocycles. The van der Waals surface area contributed by atoms with Gasteiger partial charge in [0.05, 0.1) is 12.2 Å². The summed E-state index contributed by atoms with van der Waals surface area (Å²) in [6, 6.07) is 0. The highest BCUT2D eigenvalue weighted by Crippen LogP contribution is 2.25. The molecule has 0 spiro atoms. The molecule has 1 unspecified atom stereocenters. The molecule has 1 atom stereocenters. The van der Waals surface area contributed by atoms with E-state index in [0.717, 1.165) is 19.6 Å². The van der Waals surface area contributed by atoms with E-state index >= 15 is 0 Å². The van der Waals surface area contributed by atoms with Gasteiger partial charge < -0.3 is 5.73 Å². The van der Waals surface area contributed by atoms with Crippen LogP contribution in [0.25, 0.3) is 0 Å². The van der Waals surface area contributed by atoms with E-state index in [4.69, 9.17) is 10.7 Å². The van der Waals surface area contributed by atoms with E-state index in [1.165, 1.54) is 30.1 Å². The Balaban J connectivity index is 1.95. The zero-order valence-corrected chi connectivity index (χ0v) is 12.6. The highest BCUT2D eigenvalue weighted by Gasteiger charge is 2.21. The Morgan fingerprint density at radius 3 is 2.89 bits per heavy atom. The van der Waals surface area contributed by atoms with Crippen molar-refractivity contribution < 1.29 is 0 Å². The Morgan fingerprint density at radius 1 is 1.50 bits per heavy atom. The first-order chi connectivity index (χ1) is 8.49. The standard InChI is InChI=1S/C14H25N3S/c1-14(2,3)12-10-18-13(16-12)9-17-6-4-5-11(7-15)8-17/h10-11H,4-9,15H2,1-3H3. The number of piperidine rings is 1. The molecule has 0 aromatic carbocycles. The van der Waals surface area contributed by atoms with Gasteiger partial charge in [0.2, 0.25) is 0 Å². The van der Waals surface area contributed by atoms with Crippen molar-refractivity contribution in [3.63, 3.8) is 0 Å². The summed E-state index contributed by atoms with van der Waals surface area (Å²) < 4.78 is 0. The van der Waals surface area contributed by atoms with E-state index in [9.17, 15) is 0 Å². The van der Waals surface area contributed by atoms with Gasteiger partial charge in [-0.25, -0.2) is 4.98 Å². The van der Waals surface area contributed by atoms with Crippen molar-refractivity contribution in [3.8, 4) is 0 Å². The topological polar surface area (TPSA) is 42.1 Å². The number of likely N-dealkylation sites (tertiary alicyclic amines) is 1. The van der Waals surface area contributed by atoms with Crippen molar-refractivity contribution in [2.75, 3.05) is 19.6 Å². The molecule has 1 saturated heterocycles. The molecule has 3 nitrogen and oxygen atoms in total. The van der Waals surface area contributed by atoms with Crippen LogP contribution in [0.2, 0.25) is 0 Å². The number of rotatable bonds is 3. The average Bonchev–Trinajstić information content (AvgIpc) is 2.77. The third kappa shape index (κ3) is 3.53. The van der Waals surface area contributed by atoms with Crippen molar-refractivity contribution in [1.82, 2.24) is 9.88 Å². The number of hydrogen-bond donors (Lipinski definition) is 1. The summed E-state index contributed by atoms with van der Waals surface area (Å²) in [6.07, 6.45) is 2.57. The van der Waals surface area contributed by atoms with Crippen molar-refractivity contribution in [3.05, 3.63) is 16.1 Å². The number of nitrogens with zero attached hydrogens (tertiary/aromatic N) is 2. The van der Waals surface area contributed by atoms with Crippen molar-refractivity contribution in [2.24, 2.45) is 11.7 Å².